The number of thiophene rings is 1. The van der Waals surface area contributed by atoms with Crippen molar-refractivity contribution in [2.75, 3.05) is 19.0 Å². The standard InChI is InChI=1S/C18H18N2O2S/c1-11-5-6-13(9-12(11)2)17-19-15(18(21)22-17)10-14-7-8-16(23-14)20(3)4/h5-10H,1-4H3. The van der Waals surface area contributed by atoms with Crippen LogP contribution in [0, 0.1) is 13.8 Å². The number of carbonyl (C=O) groups excluding carboxylic acids is 1. The van der Waals surface area contributed by atoms with Gasteiger partial charge >= 0.3 is 5.97 Å². The lowest BCUT2D eigenvalue weighted by molar-refractivity contribution is -0.129. The second-order valence-electron chi connectivity index (χ2n) is 5.71. The molecule has 0 atom stereocenters. The molecule has 0 amide bonds. The summed E-state index contributed by atoms with van der Waals surface area (Å²) in [5, 5.41) is 1.13. The first-order valence-electron chi connectivity index (χ1n) is 7.31. The van der Waals surface area contributed by atoms with Crippen molar-refractivity contribution < 1.29 is 9.53 Å². The number of aryl methyl sites for hydroxylation is 2. The molecule has 2 aromatic rings. The summed E-state index contributed by atoms with van der Waals surface area (Å²) >= 11 is 1.60. The highest BCUT2D eigenvalue weighted by molar-refractivity contribution is 7.16. The fourth-order valence-electron chi connectivity index (χ4n) is 2.20. The average molecular weight is 326 g/mol. The van der Waals surface area contributed by atoms with Gasteiger partial charge in [0.25, 0.3) is 0 Å². The Bertz CT molecular complexity index is 831. The predicted molar refractivity (Wildman–Crippen MR) is 95.2 cm³/mol. The third kappa shape index (κ3) is 3.19. The Kier molecular flexibility index (Phi) is 4.05. The summed E-state index contributed by atoms with van der Waals surface area (Å²) in [7, 11) is 3.98. The summed E-state index contributed by atoms with van der Waals surface area (Å²) in [6, 6.07) is 9.91. The number of hydrogen-bond acceptors (Lipinski definition) is 5. The molecule has 0 unspecified atom stereocenters. The smallest absolute Gasteiger partial charge is 0.363 e. The first-order valence-corrected chi connectivity index (χ1v) is 8.13. The molecule has 1 aliphatic rings. The zero-order valence-electron chi connectivity index (χ0n) is 13.6. The quantitative estimate of drug-likeness (QED) is 0.637. The number of rotatable bonds is 3. The second-order valence-corrected chi connectivity index (χ2v) is 6.80. The van der Waals surface area contributed by atoms with E-state index in [1.165, 1.54) is 5.56 Å². The summed E-state index contributed by atoms with van der Waals surface area (Å²) in [6.07, 6.45) is 1.77. The van der Waals surface area contributed by atoms with Crippen molar-refractivity contribution in [2.45, 2.75) is 13.8 Å². The number of aliphatic imine (C=N–C) groups is 1. The molecule has 1 aromatic heterocycles. The van der Waals surface area contributed by atoms with Crippen LogP contribution in [0.5, 0.6) is 0 Å². The molecule has 0 aliphatic carbocycles. The fourth-order valence-corrected chi connectivity index (χ4v) is 3.07. The van der Waals surface area contributed by atoms with Gasteiger partial charge in [0.15, 0.2) is 5.70 Å². The lowest BCUT2D eigenvalue weighted by Crippen LogP contribution is -2.05. The number of carbonyl (C=O) groups is 1. The molecule has 4 nitrogen and oxygen atoms in total. The van der Waals surface area contributed by atoms with Gasteiger partial charge in [0.2, 0.25) is 5.90 Å². The van der Waals surface area contributed by atoms with Crippen LogP contribution in [0.15, 0.2) is 41.0 Å². The Balaban J connectivity index is 1.91. The molecule has 0 radical (unpaired) electrons. The van der Waals surface area contributed by atoms with Crippen LogP contribution in [0.25, 0.3) is 6.08 Å². The molecule has 0 fully saturated rings. The van der Waals surface area contributed by atoms with Crippen molar-refractivity contribution >= 4 is 34.3 Å². The molecule has 0 N–H and O–H groups in total. The molecular formula is C18H18N2O2S. The Hall–Kier alpha value is -2.40. The molecule has 118 valence electrons. The first-order chi connectivity index (χ1) is 10.9. The monoisotopic (exact) mass is 326 g/mol. The minimum atomic E-state index is -0.405. The van der Waals surface area contributed by atoms with Gasteiger partial charge in [-0.05, 0) is 55.3 Å². The highest BCUT2D eigenvalue weighted by atomic mass is 32.1. The normalized spacial score (nSPS) is 15.7. The SMILES string of the molecule is Cc1ccc(C2=NC(=Cc3ccc(N(C)C)s3)C(=O)O2)cc1C. The van der Waals surface area contributed by atoms with Crippen molar-refractivity contribution in [1.29, 1.82) is 0 Å². The fraction of sp³-hybridized carbons (Fsp3) is 0.222. The topological polar surface area (TPSA) is 41.9 Å². The zero-order chi connectivity index (χ0) is 16.6. The van der Waals surface area contributed by atoms with E-state index in [4.69, 9.17) is 4.74 Å². The number of benzene rings is 1. The van der Waals surface area contributed by atoms with Gasteiger partial charge in [-0.3, -0.25) is 0 Å². The van der Waals surface area contributed by atoms with Gasteiger partial charge in [-0.2, -0.15) is 0 Å². The molecule has 1 aromatic carbocycles. The number of anilines is 1. The van der Waals surface area contributed by atoms with Crippen LogP contribution in [0.1, 0.15) is 21.6 Å². The number of ether oxygens (including phenoxy) is 1. The summed E-state index contributed by atoms with van der Waals surface area (Å²) in [5.41, 5.74) is 3.51. The van der Waals surface area contributed by atoms with Crippen molar-refractivity contribution in [1.82, 2.24) is 0 Å². The molecule has 2 heterocycles. The maximum Gasteiger partial charge on any atom is 0.363 e. The van der Waals surface area contributed by atoms with E-state index < -0.39 is 5.97 Å². The van der Waals surface area contributed by atoms with Gasteiger partial charge < -0.3 is 9.64 Å². The summed E-state index contributed by atoms with van der Waals surface area (Å²) in [6.45, 7) is 4.08. The van der Waals surface area contributed by atoms with Crippen LogP contribution in [-0.4, -0.2) is 26.0 Å². The predicted octanol–water partition coefficient (Wildman–Crippen LogP) is 3.78. The largest absolute Gasteiger partial charge is 0.402 e. The van der Waals surface area contributed by atoms with E-state index >= 15 is 0 Å². The second kappa shape index (κ2) is 6.01. The van der Waals surface area contributed by atoms with Gasteiger partial charge in [-0.25, -0.2) is 9.79 Å². The van der Waals surface area contributed by atoms with E-state index in [-0.39, 0.29) is 0 Å². The van der Waals surface area contributed by atoms with Crippen LogP contribution >= 0.6 is 11.3 Å². The van der Waals surface area contributed by atoms with Gasteiger partial charge in [0.1, 0.15) is 0 Å². The zero-order valence-corrected chi connectivity index (χ0v) is 14.4. The molecular weight excluding hydrogens is 308 g/mol. The average Bonchev–Trinajstić information content (AvgIpc) is 3.10. The number of cyclic esters (lactones) is 1. The van der Waals surface area contributed by atoms with Gasteiger partial charge in [0, 0.05) is 24.5 Å². The Morgan fingerprint density at radius 2 is 1.91 bits per heavy atom. The van der Waals surface area contributed by atoms with Crippen LogP contribution in [0.2, 0.25) is 0 Å². The van der Waals surface area contributed by atoms with E-state index in [2.05, 4.69) is 4.99 Å². The third-order valence-corrected chi connectivity index (χ3v) is 4.91. The van der Waals surface area contributed by atoms with Crippen molar-refractivity contribution in [3.8, 4) is 0 Å². The number of hydrogen-bond donors (Lipinski definition) is 0. The van der Waals surface area contributed by atoms with Crippen LogP contribution in [0.4, 0.5) is 5.00 Å². The minimum absolute atomic E-state index is 0.338. The maximum absolute atomic E-state index is 12.0. The molecule has 0 spiro atoms. The lowest BCUT2D eigenvalue weighted by Gasteiger charge is -2.06. The van der Waals surface area contributed by atoms with Gasteiger partial charge in [-0.1, -0.05) is 6.07 Å². The third-order valence-electron chi connectivity index (χ3n) is 3.71. The molecule has 5 heteroatoms. The van der Waals surface area contributed by atoms with Gasteiger partial charge in [0.05, 0.1) is 5.00 Å². The van der Waals surface area contributed by atoms with E-state index in [0.717, 1.165) is 21.0 Å². The number of nitrogens with zero attached hydrogens (tertiary/aromatic N) is 2. The maximum atomic E-state index is 12.0. The molecule has 1 aliphatic heterocycles. The summed E-state index contributed by atoms with van der Waals surface area (Å²) < 4.78 is 5.32. The van der Waals surface area contributed by atoms with Crippen LogP contribution < -0.4 is 4.90 Å². The van der Waals surface area contributed by atoms with E-state index in [1.54, 1.807) is 17.4 Å². The lowest BCUT2D eigenvalue weighted by atomic mass is 10.1. The van der Waals surface area contributed by atoms with Crippen molar-refractivity contribution in [3.05, 3.63) is 57.6 Å². The van der Waals surface area contributed by atoms with E-state index in [9.17, 15) is 4.79 Å². The van der Waals surface area contributed by atoms with Crippen LogP contribution in [-0.2, 0) is 9.53 Å². The first kappa shape index (κ1) is 15.5. The molecule has 23 heavy (non-hydrogen) atoms. The minimum Gasteiger partial charge on any atom is -0.402 e. The van der Waals surface area contributed by atoms with E-state index in [0.29, 0.717) is 11.6 Å². The van der Waals surface area contributed by atoms with E-state index in [1.807, 2.05) is 63.2 Å². The summed E-state index contributed by atoms with van der Waals surface area (Å²) in [4.78, 5) is 19.4. The Morgan fingerprint density at radius 3 is 2.57 bits per heavy atom. The Labute approximate surface area is 139 Å². The van der Waals surface area contributed by atoms with Crippen molar-refractivity contribution in [2.24, 2.45) is 4.99 Å². The van der Waals surface area contributed by atoms with Crippen LogP contribution in [0.3, 0.4) is 0 Å². The molecule has 0 saturated carbocycles. The highest BCUT2D eigenvalue weighted by Gasteiger charge is 2.24. The molecule has 0 saturated heterocycles. The molecule has 0 bridgehead atoms. The van der Waals surface area contributed by atoms with Gasteiger partial charge in [-0.15, -0.1) is 11.3 Å². The Morgan fingerprint density at radius 1 is 1.13 bits per heavy atom. The molecule has 3 rings (SSSR count). The summed E-state index contributed by atoms with van der Waals surface area (Å²) in [5.74, 6) is -0.0354. The number of esters is 1. The highest BCUT2D eigenvalue weighted by Crippen LogP contribution is 2.28. The van der Waals surface area contributed by atoms with Crippen molar-refractivity contribution in [3.63, 3.8) is 0 Å².